The molecule has 2 aromatic rings. The molecule has 0 aromatic heterocycles. The fourth-order valence-corrected chi connectivity index (χ4v) is 3.36. The SMILES string of the molecule is COC(=O)CC1CN(Cc2ccccc2)CCN1c1ccc(N)cc1. The maximum atomic E-state index is 11.9. The molecule has 25 heavy (non-hydrogen) atoms. The third-order valence-electron chi connectivity index (χ3n) is 4.67. The first-order valence-electron chi connectivity index (χ1n) is 8.61. The van der Waals surface area contributed by atoms with Gasteiger partial charge in [-0.3, -0.25) is 9.69 Å². The van der Waals surface area contributed by atoms with Crippen LogP contribution in [0.25, 0.3) is 0 Å². The Balaban J connectivity index is 1.73. The van der Waals surface area contributed by atoms with Crippen molar-refractivity contribution in [3.63, 3.8) is 0 Å². The summed E-state index contributed by atoms with van der Waals surface area (Å²) in [5, 5.41) is 0. The number of esters is 1. The standard InChI is InChI=1S/C20H25N3O2/c1-25-20(24)13-19-15-22(14-16-5-3-2-4-6-16)11-12-23(19)18-9-7-17(21)8-10-18/h2-10,19H,11-15,21H2,1H3. The van der Waals surface area contributed by atoms with E-state index in [2.05, 4.69) is 34.1 Å². The van der Waals surface area contributed by atoms with E-state index < -0.39 is 0 Å². The van der Waals surface area contributed by atoms with E-state index in [0.29, 0.717) is 6.42 Å². The number of methoxy groups -OCH3 is 1. The molecule has 5 nitrogen and oxygen atoms in total. The van der Waals surface area contributed by atoms with Gasteiger partial charge in [0.2, 0.25) is 0 Å². The third-order valence-corrected chi connectivity index (χ3v) is 4.67. The molecule has 1 aliphatic heterocycles. The van der Waals surface area contributed by atoms with Gasteiger partial charge in [-0.25, -0.2) is 0 Å². The minimum absolute atomic E-state index is 0.0912. The van der Waals surface area contributed by atoms with E-state index in [1.165, 1.54) is 12.7 Å². The van der Waals surface area contributed by atoms with Gasteiger partial charge in [-0.2, -0.15) is 0 Å². The van der Waals surface area contributed by atoms with E-state index in [-0.39, 0.29) is 12.0 Å². The summed E-state index contributed by atoms with van der Waals surface area (Å²) in [6.45, 7) is 3.55. The number of hydrogen-bond acceptors (Lipinski definition) is 5. The Morgan fingerprint density at radius 2 is 1.84 bits per heavy atom. The zero-order chi connectivity index (χ0) is 17.6. The third kappa shape index (κ3) is 4.51. The normalized spacial score (nSPS) is 18.1. The van der Waals surface area contributed by atoms with E-state index in [1.807, 2.05) is 30.3 Å². The van der Waals surface area contributed by atoms with Crippen molar-refractivity contribution < 1.29 is 9.53 Å². The van der Waals surface area contributed by atoms with Crippen molar-refractivity contribution in [1.29, 1.82) is 0 Å². The molecule has 1 aliphatic rings. The summed E-state index contributed by atoms with van der Waals surface area (Å²) in [5.74, 6) is -0.174. The summed E-state index contributed by atoms with van der Waals surface area (Å²) in [4.78, 5) is 16.6. The van der Waals surface area contributed by atoms with Crippen LogP contribution >= 0.6 is 0 Å². The van der Waals surface area contributed by atoms with Crippen molar-refractivity contribution in [2.75, 3.05) is 37.4 Å². The number of carbonyl (C=O) groups excluding carboxylic acids is 1. The van der Waals surface area contributed by atoms with Gasteiger partial charge in [0.1, 0.15) is 0 Å². The number of nitrogens with zero attached hydrogens (tertiary/aromatic N) is 2. The first kappa shape index (κ1) is 17.3. The van der Waals surface area contributed by atoms with Gasteiger partial charge in [-0.05, 0) is 29.8 Å². The molecule has 1 unspecified atom stereocenters. The molecule has 2 aromatic carbocycles. The molecule has 0 bridgehead atoms. The summed E-state index contributed by atoms with van der Waals surface area (Å²) in [6, 6.07) is 18.4. The monoisotopic (exact) mass is 339 g/mol. The lowest BCUT2D eigenvalue weighted by atomic mass is 10.1. The number of nitrogens with two attached hydrogens (primary N) is 1. The van der Waals surface area contributed by atoms with Crippen molar-refractivity contribution in [3.8, 4) is 0 Å². The average Bonchev–Trinajstić information content (AvgIpc) is 2.64. The van der Waals surface area contributed by atoms with Crippen LogP contribution in [-0.2, 0) is 16.1 Å². The molecule has 5 heteroatoms. The number of piperazine rings is 1. The fraction of sp³-hybridized carbons (Fsp3) is 0.350. The first-order chi connectivity index (χ1) is 12.2. The Bertz CT molecular complexity index is 688. The van der Waals surface area contributed by atoms with Crippen molar-refractivity contribution in [3.05, 3.63) is 60.2 Å². The molecular formula is C20H25N3O2. The predicted octanol–water partition coefficient (Wildman–Crippen LogP) is 2.52. The Hall–Kier alpha value is -2.53. The van der Waals surface area contributed by atoms with Crippen LogP contribution < -0.4 is 10.6 Å². The molecule has 1 heterocycles. The summed E-state index contributed by atoms with van der Waals surface area (Å²) >= 11 is 0. The Morgan fingerprint density at radius 1 is 1.12 bits per heavy atom. The second kappa shape index (κ2) is 8.03. The number of anilines is 2. The van der Waals surface area contributed by atoms with Crippen LogP contribution in [-0.4, -0.2) is 43.7 Å². The zero-order valence-corrected chi connectivity index (χ0v) is 14.6. The van der Waals surface area contributed by atoms with Gasteiger partial charge in [0, 0.05) is 37.6 Å². The van der Waals surface area contributed by atoms with Gasteiger partial charge in [-0.15, -0.1) is 0 Å². The Kier molecular flexibility index (Phi) is 5.56. The summed E-state index contributed by atoms with van der Waals surface area (Å²) < 4.78 is 4.91. The van der Waals surface area contributed by atoms with Crippen LogP contribution in [0.5, 0.6) is 0 Å². The van der Waals surface area contributed by atoms with E-state index in [4.69, 9.17) is 10.5 Å². The first-order valence-corrected chi connectivity index (χ1v) is 8.61. The maximum absolute atomic E-state index is 11.9. The predicted molar refractivity (Wildman–Crippen MR) is 100 cm³/mol. The summed E-state index contributed by atoms with van der Waals surface area (Å²) in [5.41, 5.74) is 8.94. The smallest absolute Gasteiger partial charge is 0.307 e. The zero-order valence-electron chi connectivity index (χ0n) is 14.6. The summed E-state index contributed by atoms with van der Waals surface area (Å²) in [6.07, 6.45) is 0.381. The van der Waals surface area contributed by atoms with Crippen LogP contribution in [0.15, 0.2) is 54.6 Å². The lowest BCUT2D eigenvalue weighted by Crippen LogP contribution is -2.53. The van der Waals surface area contributed by atoms with Gasteiger partial charge < -0.3 is 15.4 Å². The average molecular weight is 339 g/mol. The lowest BCUT2D eigenvalue weighted by Gasteiger charge is -2.42. The summed E-state index contributed by atoms with van der Waals surface area (Å²) in [7, 11) is 1.44. The molecule has 0 spiro atoms. The molecule has 1 atom stereocenters. The van der Waals surface area contributed by atoms with Crippen LogP contribution in [0.1, 0.15) is 12.0 Å². The topological polar surface area (TPSA) is 58.8 Å². The van der Waals surface area contributed by atoms with Crippen molar-refractivity contribution in [1.82, 2.24) is 4.90 Å². The number of ether oxygens (including phenoxy) is 1. The number of hydrogen-bond donors (Lipinski definition) is 1. The fourth-order valence-electron chi connectivity index (χ4n) is 3.36. The van der Waals surface area contributed by atoms with Crippen molar-refractivity contribution >= 4 is 17.3 Å². The Morgan fingerprint density at radius 3 is 2.52 bits per heavy atom. The quantitative estimate of drug-likeness (QED) is 0.670. The van der Waals surface area contributed by atoms with Crippen LogP contribution in [0.3, 0.4) is 0 Å². The van der Waals surface area contributed by atoms with Crippen molar-refractivity contribution in [2.24, 2.45) is 0 Å². The van der Waals surface area contributed by atoms with E-state index in [1.54, 1.807) is 0 Å². The molecular weight excluding hydrogens is 314 g/mol. The molecule has 1 fully saturated rings. The van der Waals surface area contributed by atoms with Gasteiger partial charge in [-0.1, -0.05) is 30.3 Å². The molecule has 1 saturated heterocycles. The number of benzene rings is 2. The molecule has 0 saturated carbocycles. The second-order valence-electron chi connectivity index (χ2n) is 6.44. The highest BCUT2D eigenvalue weighted by atomic mass is 16.5. The van der Waals surface area contributed by atoms with E-state index in [9.17, 15) is 4.79 Å². The minimum atomic E-state index is -0.174. The van der Waals surface area contributed by atoms with Crippen LogP contribution in [0.2, 0.25) is 0 Å². The van der Waals surface area contributed by atoms with Crippen molar-refractivity contribution in [2.45, 2.75) is 19.0 Å². The highest BCUT2D eigenvalue weighted by Crippen LogP contribution is 2.24. The molecule has 3 rings (SSSR count). The Labute approximate surface area is 149 Å². The number of carbonyl (C=O) groups is 1. The van der Waals surface area contributed by atoms with Gasteiger partial charge in [0.05, 0.1) is 19.6 Å². The molecule has 132 valence electrons. The number of rotatable bonds is 5. The minimum Gasteiger partial charge on any atom is -0.469 e. The molecule has 0 aliphatic carbocycles. The van der Waals surface area contributed by atoms with E-state index >= 15 is 0 Å². The van der Waals surface area contributed by atoms with E-state index in [0.717, 1.165) is 37.6 Å². The highest BCUT2D eigenvalue weighted by molar-refractivity contribution is 5.71. The highest BCUT2D eigenvalue weighted by Gasteiger charge is 2.29. The van der Waals surface area contributed by atoms with Crippen LogP contribution in [0.4, 0.5) is 11.4 Å². The molecule has 2 N–H and O–H groups in total. The lowest BCUT2D eigenvalue weighted by molar-refractivity contribution is -0.141. The van der Waals surface area contributed by atoms with Gasteiger partial charge >= 0.3 is 5.97 Å². The second-order valence-corrected chi connectivity index (χ2v) is 6.44. The van der Waals surface area contributed by atoms with Gasteiger partial charge in [0.25, 0.3) is 0 Å². The number of nitrogen functional groups attached to an aromatic ring is 1. The molecule has 0 amide bonds. The maximum Gasteiger partial charge on any atom is 0.307 e. The van der Waals surface area contributed by atoms with Crippen LogP contribution in [0, 0.1) is 0 Å². The molecule has 0 radical (unpaired) electrons. The van der Waals surface area contributed by atoms with Gasteiger partial charge in [0.15, 0.2) is 0 Å². The largest absolute Gasteiger partial charge is 0.469 e.